The van der Waals surface area contributed by atoms with Gasteiger partial charge in [0, 0.05) is 43.1 Å². The smallest absolute Gasteiger partial charge is 0.224 e. The summed E-state index contributed by atoms with van der Waals surface area (Å²) in [6, 6.07) is 31.8. The molecule has 4 aromatic carbocycles. The largest absolute Gasteiger partial charge is 0.397 e. The van der Waals surface area contributed by atoms with Crippen LogP contribution in [0.2, 0.25) is 0 Å². The second-order valence-electron chi connectivity index (χ2n) is 12.9. The van der Waals surface area contributed by atoms with Gasteiger partial charge in [0.1, 0.15) is 0 Å². The van der Waals surface area contributed by atoms with E-state index < -0.39 is 12.4 Å². The van der Waals surface area contributed by atoms with E-state index in [9.17, 15) is 19.8 Å². The number of rotatable bonds is 15. The molecule has 5 rings (SSSR count). The molecule has 0 aliphatic carbocycles. The zero-order valence-electron chi connectivity index (χ0n) is 28.7. The molecule has 10 heteroatoms. The van der Waals surface area contributed by atoms with Gasteiger partial charge < -0.3 is 36.1 Å². The maximum atomic E-state index is 12.8. The molecule has 10 nitrogen and oxygen atoms in total. The lowest BCUT2D eigenvalue weighted by atomic mass is 9.98. The summed E-state index contributed by atoms with van der Waals surface area (Å²) in [5, 5.41) is 26.4. The van der Waals surface area contributed by atoms with E-state index in [-0.39, 0.29) is 49.5 Å². The molecule has 0 aromatic heterocycles. The molecule has 1 fully saturated rings. The van der Waals surface area contributed by atoms with Crippen molar-refractivity contribution in [1.29, 1.82) is 0 Å². The lowest BCUT2D eigenvalue weighted by Crippen LogP contribution is -2.43. The number of para-hydroxylation sites is 2. The third kappa shape index (κ3) is 10.2. The van der Waals surface area contributed by atoms with Gasteiger partial charge in [-0.1, -0.05) is 78.9 Å². The third-order valence-corrected chi connectivity index (χ3v) is 9.13. The maximum absolute atomic E-state index is 12.8. The Labute approximate surface area is 294 Å². The number of nitrogens with two attached hydrogens (primary N) is 1. The van der Waals surface area contributed by atoms with Crippen LogP contribution >= 0.6 is 0 Å². The predicted molar refractivity (Wildman–Crippen MR) is 195 cm³/mol. The molecular formula is C40H48N4O6. The van der Waals surface area contributed by atoms with Gasteiger partial charge in [-0.25, -0.2) is 0 Å². The van der Waals surface area contributed by atoms with Gasteiger partial charge in [-0.3, -0.25) is 14.5 Å². The molecule has 6 N–H and O–H groups in total. The van der Waals surface area contributed by atoms with Crippen molar-refractivity contribution in [3.63, 3.8) is 0 Å². The van der Waals surface area contributed by atoms with Gasteiger partial charge in [-0.15, -0.1) is 0 Å². The number of likely N-dealkylation sites (N-methyl/N-ethyl adjacent to an activating group) is 1. The van der Waals surface area contributed by atoms with E-state index in [0.29, 0.717) is 42.9 Å². The number of aliphatic hydroxyl groups is 2. The van der Waals surface area contributed by atoms with Gasteiger partial charge in [0.05, 0.1) is 36.3 Å². The lowest BCUT2D eigenvalue weighted by Gasteiger charge is -2.39. The van der Waals surface area contributed by atoms with Gasteiger partial charge in [-0.05, 0) is 67.8 Å². The molecule has 2 amide bonds. The number of hydrogen-bond donors (Lipinski definition) is 5. The summed E-state index contributed by atoms with van der Waals surface area (Å²) in [6.45, 7) is 2.52. The summed E-state index contributed by atoms with van der Waals surface area (Å²) < 4.78 is 13.1. The molecule has 0 bridgehead atoms. The zero-order chi connectivity index (χ0) is 35.5. The van der Waals surface area contributed by atoms with Crippen molar-refractivity contribution >= 4 is 28.9 Å². The molecule has 1 aliphatic rings. The van der Waals surface area contributed by atoms with Gasteiger partial charge in [0.15, 0.2) is 6.29 Å². The van der Waals surface area contributed by atoms with Crippen molar-refractivity contribution in [2.45, 2.75) is 76.3 Å². The van der Waals surface area contributed by atoms with Crippen molar-refractivity contribution in [2.75, 3.05) is 30.0 Å². The fraction of sp³-hybridized carbons (Fsp3) is 0.350. The summed E-state index contributed by atoms with van der Waals surface area (Å²) in [5.41, 5.74) is 11.0. The monoisotopic (exact) mass is 680 g/mol. The molecule has 5 atom stereocenters. The topological polar surface area (TPSA) is 146 Å². The molecule has 1 saturated heterocycles. The second-order valence-corrected chi connectivity index (χ2v) is 12.9. The van der Waals surface area contributed by atoms with E-state index in [4.69, 9.17) is 15.2 Å². The van der Waals surface area contributed by atoms with Crippen LogP contribution in [0.5, 0.6) is 0 Å². The van der Waals surface area contributed by atoms with Gasteiger partial charge in [-0.2, -0.15) is 0 Å². The van der Waals surface area contributed by atoms with E-state index >= 15 is 0 Å². The molecular weight excluding hydrogens is 632 g/mol. The van der Waals surface area contributed by atoms with E-state index in [0.717, 1.165) is 22.3 Å². The number of nitrogens with zero attached hydrogens (tertiary/aromatic N) is 1. The first-order chi connectivity index (χ1) is 24.2. The molecule has 50 heavy (non-hydrogen) atoms. The number of hydrogen-bond acceptors (Lipinski definition) is 8. The number of nitrogen functional groups attached to an aromatic ring is 1. The summed E-state index contributed by atoms with van der Waals surface area (Å²) in [7, 11) is 1.98. The summed E-state index contributed by atoms with van der Waals surface area (Å²) in [6.07, 6.45) is 0.420. The van der Waals surface area contributed by atoms with Crippen molar-refractivity contribution in [2.24, 2.45) is 0 Å². The van der Waals surface area contributed by atoms with Crippen LogP contribution in [0.3, 0.4) is 0 Å². The summed E-state index contributed by atoms with van der Waals surface area (Å²) in [5.74, 6) is -0.287. The molecule has 0 radical (unpaired) electrons. The Kier molecular flexibility index (Phi) is 13.1. The van der Waals surface area contributed by atoms with Crippen LogP contribution in [0, 0.1) is 0 Å². The van der Waals surface area contributed by atoms with Gasteiger partial charge in [0.25, 0.3) is 0 Å². The number of aliphatic hydroxyl groups excluding tert-OH is 2. The highest BCUT2D eigenvalue weighted by Gasteiger charge is 2.34. The average Bonchev–Trinajstić information content (AvgIpc) is 3.14. The van der Waals surface area contributed by atoms with E-state index in [1.165, 1.54) is 0 Å². The maximum Gasteiger partial charge on any atom is 0.224 e. The van der Waals surface area contributed by atoms with Crippen LogP contribution in [0.15, 0.2) is 103 Å². The average molecular weight is 681 g/mol. The Hall–Kier alpha value is -4.58. The third-order valence-electron chi connectivity index (χ3n) is 9.13. The first-order valence-corrected chi connectivity index (χ1v) is 17.2. The normalized spacial score (nSPS) is 18.7. The fourth-order valence-corrected chi connectivity index (χ4v) is 6.07. The van der Waals surface area contributed by atoms with Gasteiger partial charge in [0.2, 0.25) is 11.8 Å². The SMILES string of the molecule is C[C@H]([C@@H](O)c1ccccc1)N(C)C[C@@H]1C[C@H](c2ccc(CO)cc2)O[C@H](c2cccc(NC(=O)CCCCC(=O)Nc3ccccc3N)c2)O1. The molecule has 264 valence electrons. The number of amides is 2. The lowest BCUT2D eigenvalue weighted by molar-refractivity contribution is -0.253. The number of carbonyl (C=O) groups is 2. The molecule has 1 heterocycles. The Bertz CT molecular complexity index is 1690. The molecule has 0 saturated carbocycles. The minimum atomic E-state index is -0.701. The highest BCUT2D eigenvalue weighted by Crippen LogP contribution is 2.39. The van der Waals surface area contributed by atoms with Crippen LogP contribution in [-0.2, 0) is 25.7 Å². The second kappa shape index (κ2) is 17.9. The number of anilines is 3. The van der Waals surface area contributed by atoms with E-state index in [2.05, 4.69) is 15.5 Å². The Balaban J connectivity index is 1.20. The highest BCUT2D eigenvalue weighted by molar-refractivity contribution is 5.94. The van der Waals surface area contributed by atoms with Crippen LogP contribution in [0.1, 0.15) is 79.8 Å². The summed E-state index contributed by atoms with van der Waals surface area (Å²) >= 11 is 0. The van der Waals surface area contributed by atoms with Crippen molar-refractivity contribution in [1.82, 2.24) is 4.90 Å². The molecule has 4 aromatic rings. The number of carbonyl (C=O) groups excluding carboxylic acids is 2. The van der Waals surface area contributed by atoms with Crippen LogP contribution in [0.4, 0.5) is 17.1 Å². The van der Waals surface area contributed by atoms with Crippen molar-refractivity contribution < 1.29 is 29.3 Å². The van der Waals surface area contributed by atoms with Gasteiger partial charge >= 0.3 is 0 Å². The standard InChI is InChI=1S/C40H48N4O6/c1-27(39(48)30-11-4-3-5-12-30)44(2)25-33-24-36(29-21-19-28(26-45)20-22-29)50-40(49-33)31-13-10-14-32(23-31)42-37(46)17-8-9-18-38(47)43-35-16-7-6-15-34(35)41/h3-7,10-16,19-23,27,33,36,39-40,45,48H,8-9,17-18,24-26,41H2,1-2H3,(H,42,46)(H,43,47)/t27-,33+,36-,39-,40-/m1/s1. The van der Waals surface area contributed by atoms with Crippen LogP contribution in [-0.4, -0.2) is 52.7 Å². The highest BCUT2D eigenvalue weighted by atomic mass is 16.7. The van der Waals surface area contributed by atoms with Crippen LogP contribution in [0.25, 0.3) is 0 Å². The van der Waals surface area contributed by atoms with E-state index in [1.54, 1.807) is 12.1 Å². The van der Waals surface area contributed by atoms with Crippen molar-refractivity contribution in [3.05, 3.63) is 125 Å². The first-order valence-electron chi connectivity index (χ1n) is 17.2. The minimum Gasteiger partial charge on any atom is -0.397 e. The quantitative estimate of drug-likeness (QED) is 0.0707. The fourth-order valence-electron chi connectivity index (χ4n) is 6.07. The van der Waals surface area contributed by atoms with E-state index in [1.807, 2.05) is 105 Å². The number of nitrogens with one attached hydrogen (secondary N) is 2. The Morgan fingerprint density at radius 2 is 1.54 bits per heavy atom. The van der Waals surface area contributed by atoms with Crippen LogP contribution < -0.4 is 16.4 Å². The predicted octanol–water partition coefficient (Wildman–Crippen LogP) is 6.50. The Morgan fingerprint density at radius 1 is 0.860 bits per heavy atom. The number of ether oxygens (including phenoxy) is 2. The number of benzene rings is 4. The Morgan fingerprint density at radius 3 is 2.24 bits per heavy atom. The minimum absolute atomic E-state index is 0.0375. The molecule has 0 spiro atoms. The zero-order valence-corrected chi connectivity index (χ0v) is 28.7. The molecule has 0 unspecified atom stereocenters. The van der Waals surface area contributed by atoms with Crippen molar-refractivity contribution in [3.8, 4) is 0 Å². The first kappa shape index (κ1) is 36.7. The molecule has 1 aliphatic heterocycles. The number of unbranched alkanes of at least 4 members (excludes halogenated alkanes) is 1. The summed E-state index contributed by atoms with van der Waals surface area (Å²) in [4.78, 5) is 27.3.